The van der Waals surface area contributed by atoms with Gasteiger partial charge in [-0.2, -0.15) is 5.10 Å². The molecule has 0 saturated heterocycles. The fourth-order valence-electron chi connectivity index (χ4n) is 4.30. The summed E-state index contributed by atoms with van der Waals surface area (Å²) >= 11 is 0. The van der Waals surface area contributed by atoms with Crippen molar-refractivity contribution in [3.05, 3.63) is 70.8 Å². The number of methoxy groups -OCH3 is 1. The number of aliphatic hydroxyl groups excluding tert-OH is 1. The van der Waals surface area contributed by atoms with E-state index in [2.05, 4.69) is 15.3 Å². The number of rotatable bonds is 6. The zero-order valence-electron chi connectivity index (χ0n) is 18.8. The van der Waals surface area contributed by atoms with Crippen LogP contribution in [0.3, 0.4) is 0 Å². The normalized spacial score (nSPS) is 17.7. The molecule has 1 heterocycles. The number of nitrogens with one attached hydrogen (secondary N) is 1. The van der Waals surface area contributed by atoms with Gasteiger partial charge in [0, 0.05) is 6.54 Å². The monoisotopic (exact) mass is 463 g/mol. The van der Waals surface area contributed by atoms with Crippen LogP contribution in [0.4, 0.5) is 15.9 Å². The van der Waals surface area contributed by atoms with Gasteiger partial charge >= 0.3 is 0 Å². The summed E-state index contributed by atoms with van der Waals surface area (Å²) in [5.74, 6) is -0.367. The van der Waals surface area contributed by atoms with Gasteiger partial charge in [-0.3, -0.25) is 9.48 Å². The van der Waals surface area contributed by atoms with E-state index in [-0.39, 0.29) is 24.3 Å². The maximum absolute atomic E-state index is 13.6. The fourth-order valence-corrected chi connectivity index (χ4v) is 4.30. The first kappa shape index (κ1) is 23.3. The molecule has 4 rings (SSSR count). The zero-order valence-corrected chi connectivity index (χ0v) is 18.8. The minimum Gasteiger partial charge on any atom is -0.496 e. The first-order valence-corrected chi connectivity index (χ1v) is 11.1. The average Bonchev–Trinajstić information content (AvgIpc) is 3.19. The van der Waals surface area contributed by atoms with Gasteiger partial charge in [-0.05, 0) is 55.0 Å². The predicted molar refractivity (Wildman–Crippen MR) is 126 cm³/mol. The Labute approximate surface area is 197 Å². The quantitative estimate of drug-likeness (QED) is 0.474. The lowest BCUT2D eigenvalue weighted by atomic mass is 9.93. The minimum absolute atomic E-state index is 0.0349. The van der Waals surface area contributed by atoms with Crippen LogP contribution in [0.1, 0.15) is 47.6 Å². The van der Waals surface area contributed by atoms with Crippen molar-refractivity contribution in [2.24, 2.45) is 0 Å². The molecule has 1 aromatic heterocycles. The lowest BCUT2D eigenvalue weighted by Gasteiger charge is -2.27. The van der Waals surface area contributed by atoms with Gasteiger partial charge in [-0.1, -0.05) is 24.3 Å². The average molecular weight is 464 g/mol. The van der Waals surface area contributed by atoms with E-state index in [4.69, 9.17) is 17.0 Å². The van der Waals surface area contributed by atoms with E-state index in [1.165, 1.54) is 19.2 Å². The van der Waals surface area contributed by atoms with E-state index in [1.807, 2.05) is 24.3 Å². The highest BCUT2D eigenvalue weighted by Gasteiger charge is 2.27. The van der Waals surface area contributed by atoms with E-state index in [0.29, 0.717) is 29.4 Å². The lowest BCUT2D eigenvalue weighted by molar-refractivity contribution is 0.0947. The molecule has 176 valence electrons. The molecule has 2 aromatic carbocycles. The number of anilines is 1. The molecular formula is C25H26FN5O3. The molecule has 1 aliphatic rings. The Morgan fingerprint density at radius 2 is 2.09 bits per heavy atom. The standard InChI is InChI=1S/C25H26FN5O3/c1-28-23-22(30-31(24(23)27)18-4-3-5-19(32)13-18)16-8-6-15(7-9-16)14-29-25(33)20-12-17(26)10-11-21(20)34-2/h6-12,18-19,32H,3-5,13-14,27H2,2H3,(H,29,33). The van der Waals surface area contributed by atoms with Crippen molar-refractivity contribution in [2.75, 3.05) is 12.8 Å². The number of nitrogens with zero attached hydrogens (tertiary/aromatic N) is 3. The van der Waals surface area contributed by atoms with Crippen molar-refractivity contribution in [3.8, 4) is 17.0 Å². The molecule has 3 aromatic rings. The molecule has 1 saturated carbocycles. The van der Waals surface area contributed by atoms with E-state index < -0.39 is 11.7 Å². The van der Waals surface area contributed by atoms with E-state index in [9.17, 15) is 14.3 Å². The summed E-state index contributed by atoms with van der Waals surface area (Å²) in [6, 6.07) is 11.0. The van der Waals surface area contributed by atoms with Crippen molar-refractivity contribution in [3.63, 3.8) is 0 Å². The number of halogens is 1. The summed E-state index contributed by atoms with van der Waals surface area (Å²) in [4.78, 5) is 16.1. The number of hydrogen-bond donors (Lipinski definition) is 3. The van der Waals surface area contributed by atoms with Crippen LogP contribution in [0.5, 0.6) is 5.75 Å². The van der Waals surface area contributed by atoms with E-state index in [0.717, 1.165) is 36.5 Å². The van der Waals surface area contributed by atoms with Crippen molar-refractivity contribution >= 4 is 17.4 Å². The van der Waals surface area contributed by atoms with Crippen molar-refractivity contribution in [1.29, 1.82) is 0 Å². The number of nitrogens with two attached hydrogens (primary N) is 1. The van der Waals surface area contributed by atoms with Crippen LogP contribution in [0, 0.1) is 12.4 Å². The third kappa shape index (κ3) is 4.72. The largest absolute Gasteiger partial charge is 0.496 e. The summed E-state index contributed by atoms with van der Waals surface area (Å²) in [7, 11) is 1.42. The van der Waals surface area contributed by atoms with Crippen molar-refractivity contribution in [2.45, 2.75) is 44.4 Å². The van der Waals surface area contributed by atoms with E-state index >= 15 is 0 Å². The molecule has 9 heteroatoms. The number of aromatic nitrogens is 2. The first-order chi connectivity index (χ1) is 16.4. The van der Waals surface area contributed by atoms with Gasteiger partial charge in [0.1, 0.15) is 23.1 Å². The van der Waals surface area contributed by atoms with Gasteiger partial charge < -0.3 is 20.9 Å². The molecule has 0 bridgehead atoms. The predicted octanol–water partition coefficient (Wildman–Crippen LogP) is 4.24. The number of carbonyl (C=O) groups is 1. The third-order valence-electron chi connectivity index (χ3n) is 6.08. The molecule has 8 nitrogen and oxygen atoms in total. The fraction of sp³-hybridized carbons (Fsp3) is 0.320. The Kier molecular flexibility index (Phi) is 6.80. The maximum atomic E-state index is 13.6. The Hall–Kier alpha value is -3.90. The van der Waals surface area contributed by atoms with Crippen LogP contribution in [-0.4, -0.2) is 34.0 Å². The summed E-state index contributed by atoms with van der Waals surface area (Å²) in [5.41, 5.74) is 8.70. The second kappa shape index (κ2) is 9.93. The Balaban J connectivity index is 1.50. The number of ether oxygens (including phenoxy) is 1. The minimum atomic E-state index is -0.521. The molecule has 2 unspecified atom stereocenters. The second-order valence-corrected chi connectivity index (χ2v) is 8.34. The van der Waals surface area contributed by atoms with Gasteiger partial charge in [-0.25, -0.2) is 9.24 Å². The number of hydrogen-bond acceptors (Lipinski definition) is 5. The van der Waals surface area contributed by atoms with Gasteiger partial charge in [0.25, 0.3) is 11.6 Å². The number of benzene rings is 2. The topological polar surface area (TPSA) is 107 Å². The first-order valence-electron chi connectivity index (χ1n) is 11.1. The molecule has 4 N–H and O–H groups in total. The Bertz CT molecular complexity index is 1230. The smallest absolute Gasteiger partial charge is 0.255 e. The highest BCUT2D eigenvalue weighted by Crippen LogP contribution is 2.39. The number of aliphatic hydroxyl groups is 1. The van der Waals surface area contributed by atoms with Gasteiger partial charge in [0.15, 0.2) is 0 Å². The van der Waals surface area contributed by atoms with Gasteiger partial charge in [0.2, 0.25) is 0 Å². The Morgan fingerprint density at radius 1 is 1.32 bits per heavy atom. The molecule has 34 heavy (non-hydrogen) atoms. The maximum Gasteiger partial charge on any atom is 0.255 e. The van der Waals surface area contributed by atoms with E-state index in [1.54, 1.807) is 4.68 Å². The van der Waals surface area contributed by atoms with Crippen molar-refractivity contribution in [1.82, 2.24) is 15.1 Å². The molecule has 0 radical (unpaired) electrons. The summed E-state index contributed by atoms with van der Waals surface area (Å²) in [6.45, 7) is 7.81. The lowest BCUT2D eigenvalue weighted by Crippen LogP contribution is -2.24. The third-order valence-corrected chi connectivity index (χ3v) is 6.08. The summed E-state index contributed by atoms with van der Waals surface area (Å²) in [6.07, 6.45) is 2.69. The second-order valence-electron chi connectivity index (χ2n) is 8.34. The highest BCUT2D eigenvalue weighted by atomic mass is 19.1. The molecule has 0 spiro atoms. The molecule has 1 amide bonds. The molecular weight excluding hydrogens is 437 g/mol. The number of carbonyl (C=O) groups excluding carboxylic acids is 1. The highest BCUT2D eigenvalue weighted by molar-refractivity contribution is 5.96. The van der Waals surface area contributed by atoms with Crippen LogP contribution < -0.4 is 15.8 Å². The zero-order chi connectivity index (χ0) is 24.2. The van der Waals surface area contributed by atoms with Crippen LogP contribution in [0.2, 0.25) is 0 Å². The van der Waals surface area contributed by atoms with Crippen LogP contribution >= 0.6 is 0 Å². The summed E-state index contributed by atoms with van der Waals surface area (Å²) in [5, 5.41) is 17.4. The van der Waals surface area contributed by atoms with Crippen molar-refractivity contribution < 1.29 is 19.0 Å². The van der Waals surface area contributed by atoms with Crippen LogP contribution in [-0.2, 0) is 6.54 Å². The molecule has 2 atom stereocenters. The Morgan fingerprint density at radius 3 is 2.76 bits per heavy atom. The molecule has 0 aliphatic heterocycles. The number of nitrogen functional groups attached to an aromatic ring is 1. The molecule has 1 aliphatic carbocycles. The van der Waals surface area contributed by atoms with Crippen LogP contribution in [0.25, 0.3) is 16.1 Å². The SMILES string of the molecule is [C-]#[N+]c1c(-c2ccc(CNC(=O)c3cc(F)ccc3OC)cc2)nn(C2CCCC(O)C2)c1N. The van der Waals surface area contributed by atoms with Crippen LogP contribution in [0.15, 0.2) is 42.5 Å². The molecule has 1 fully saturated rings. The summed E-state index contributed by atoms with van der Waals surface area (Å²) < 4.78 is 20.4. The number of amides is 1. The van der Waals surface area contributed by atoms with Gasteiger partial charge in [0.05, 0.1) is 31.4 Å². The van der Waals surface area contributed by atoms with Gasteiger partial charge in [-0.15, -0.1) is 0 Å².